The Kier molecular flexibility index (Phi) is 2.01. The zero-order chi connectivity index (χ0) is 11.8. The first-order valence-corrected chi connectivity index (χ1v) is 5.19. The number of H-pyrrole nitrogens is 1. The van der Waals surface area contributed by atoms with E-state index in [-0.39, 0.29) is 0 Å². The molecule has 1 amide bonds. The van der Waals surface area contributed by atoms with Gasteiger partial charge in [-0.2, -0.15) is 0 Å². The summed E-state index contributed by atoms with van der Waals surface area (Å²) in [5.74, 6) is -0.442. The van der Waals surface area contributed by atoms with Crippen LogP contribution in [0.5, 0.6) is 0 Å². The first-order valence-electron chi connectivity index (χ1n) is 5.19. The van der Waals surface area contributed by atoms with Gasteiger partial charge in [-0.15, -0.1) is 0 Å². The molecule has 0 spiro atoms. The number of carbonyl (C=O) groups excluding carboxylic acids is 1. The smallest absolute Gasteiger partial charge is 0.250 e. The van der Waals surface area contributed by atoms with Crippen LogP contribution in [0.15, 0.2) is 47.4 Å². The number of hydrogen-bond donors (Lipinski definition) is 2. The van der Waals surface area contributed by atoms with Crippen LogP contribution in [-0.4, -0.2) is 10.9 Å². The van der Waals surface area contributed by atoms with Gasteiger partial charge in [-0.1, -0.05) is 0 Å². The van der Waals surface area contributed by atoms with Crippen molar-refractivity contribution in [1.29, 1.82) is 0 Å². The van der Waals surface area contributed by atoms with Crippen LogP contribution in [0.2, 0.25) is 0 Å². The third kappa shape index (κ3) is 1.50. The van der Waals surface area contributed by atoms with E-state index in [1.807, 2.05) is 18.2 Å². The van der Waals surface area contributed by atoms with Crippen LogP contribution in [0.25, 0.3) is 22.0 Å². The van der Waals surface area contributed by atoms with Crippen LogP contribution in [0, 0.1) is 0 Å². The van der Waals surface area contributed by atoms with Crippen LogP contribution in [0.4, 0.5) is 0 Å². The lowest BCUT2D eigenvalue weighted by Crippen LogP contribution is -2.11. The average Bonchev–Trinajstić information content (AvgIpc) is 2.98. The van der Waals surface area contributed by atoms with Gasteiger partial charge in [0, 0.05) is 17.1 Å². The number of nitrogens with two attached hydrogens (primary N) is 1. The van der Waals surface area contributed by atoms with Gasteiger partial charge in [-0.05, 0) is 29.8 Å². The highest BCUT2D eigenvalue weighted by atomic mass is 16.3. The maximum absolute atomic E-state index is 11.4. The number of nitrogens with one attached hydrogen (secondary N) is 1. The Labute approximate surface area is 97.0 Å². The molecule has 0 radical (unpaired) electrons. The lowest BCUT2D eigenvalue weighted by molar-refractivity contribution is 0.100. The number of aromatic nitrogens is 1. The van der Waals surface area contributed by atoms with E-state index >= 15 is 0 Å². The Hall–Kier alpha value is -2.49. The second-order valence-electron chi connectivity index (χ2n) is 3.84. The van der Waals surface area contributed by atoms with E-state index in [2.05, 4.69) is 4.98 Å². The van der Waals surface area contributed by atoms with Gasteiger partial charge in [0.05, 0.1) is 23.6 Å². The topological polar surface area (TPSA) is 72.0 Å². The molecular formula is C13H10N2O2. The molecule has 0 aliphatic rings. The first-order chi connectivity index (χ1) is 8.25. The van der Waals surface area contributed by atoms with E-state index in [1.54, 1.807) is 24.8 Å². The summed E-state index contributed by atoms with van der Waals surface area (Å²) in [7, 11) is 0. The van der Waals surface area contributed by atoms with Crippen molar-refractivity contribution in [2.24, 2.45) is 5.73 Å². The summed E-state index contributed by atoms with van der Waals surface area (Å²) >= 11 is 0. The minimum Gasteiger partial charge on any atom is -0.472 e. The Morgan fingerprint density at radius 3 is 2.82 bits per heavy atom. The molecule has 0 bridgehead atoms. The van der Waals surface area contributed by atoms with Crippen molar-refractivity contribution < 1.29 is 9.21 Å². The van der Waals surface area contributed by atoms with E-state index in [0.717, 1.165) is 22.0 Å². The van der Waals surface area contributed by atoms with Gasteiger partial charge in [-0.3, -0.25) is 4.79 Å². The molecule has 1 aromatic carbocycles. The number of primary amides is 1. The van der Waals surface area contributed by atoms with E-state index < -0.39 is 5.91 Å². The van der Waals surface area contributed by atoms with Crippen LogP contribution < -0.4 is 5.73 Å². The van der Waals surface area contributed by atoms with Gasteiger partial charge in [0.1, 0.15) is 0 Å². The number of aromatic amines is 1. The maximum atomic E-state index is 11.4. The molecule has 0 unspecified atom stereocenters. The fraction of sp³-hybridized carbons (Fsp3) is 0. The highest BCUT2D eigenvalue weighted by Crippen LogP contribution is 2.27. The third-order valence-corrected chi connectivity index (χ3v) is 2.78. The molecule has 17 heavy (non-hydrogen) atoms. The van der Waals surface area contributed by atoms with Gasteiger partial charge in [-0.25, -0.2) is 0 Å². The van der Waals surface area contributed by atoms with Gasteiger partial charge in [0.15, 0.2) is 0 Å². The second-order valence-corrected chi connectivity index (χ2v) is 3.84. The van der Waals surface area contributed by atoms with E-state index in [9.17, 15) is 4.79 Å². The summed E-state index contributed by atoms with van der Waals surface area (Å²) < 4.78 is 5.04. The SMILES string of the molecule is NC(=O)c1cc(-c2ccoc2)cc2cc[nH]c12. The molecule has 0 fully saturated rings. The largest absolute Gasteiger partial charge is 0.472 e. The zero-order valence-electron chi connectivity index (χ0n) is 8.94. The monoisotopic (exact) mass is 226 g/mol. The minimum absolute atomic E-state index is 0.442. The second kappa shape index (κ2) is 3.52. The number of rotatable bonds is 2. The quantitative estimate of drug-likeness (QED) is 0.704. The van der Waals surface area contributed by atoms with E-state index in [1.165, 1.54) is 0 Å². The first kappa shape index (κ1) is 9.72. The van der Waals surface area contributed by atoms with Crippen molar-refractivity contribution >= 4 is 16.8 Å². The number of furan rings is 1. The number of benzene rings is 1. The van der Waals surface area contributed by atoms with Gasteiger partial charge in [0.25, 0.3) is 5.91 Å². The maximum Gasteiger partial charge on any atom is 0.250 e. The summed E-state index contributed by atoms with van der Waals surface area (Å²) in [5.41, 5.74) is 8.48. The van der Waals surface area contributed by atoms with Gasteiger partial charge >= 0.3 is 0 Å². The van der Waals surface area contributed by atoms with Gasteiger partial charge in [0.2, 0.25) is 0 Å². The molecule has 3 N–H and O–H groups in total. The summed E-state index contributed by atoms with van der Waals surface area (Å²) in [6.07, 6.45) is 5.02. The molecule has 0 saturated heterocycles. The van der Waals surface area contributed by atoms with Crippen molar-refractivity contribution in [3.8, 4) is 11.1 Å². The number of hydrogen-bond acceptors (Lipinski definition) is 2. The van der Waals surface area contributed by atoms with Crippen molar-refractivity contribution in [3.05, 3.63) is 48.6 Å². The molecule has 0 atom stereocenters. The molecule has 84 valence electrons. The predicted octanol–water partition coefficient (Wildman–Crippen LogP) is 2.53. The number of amides is 1. The van der Waals surface area contributed by atoms with Crippen molar-refractivity contribution in [2.75, 3.05) is 0 Å². The van der Waals surface area contributed by atoms with E-state index in [0.29, 0.717) is 5.56 Å². The summed E-state index contributed by atoms with van der Waals surface area (Å²) in [4.78, 5) is 14.4. The highest BCUT2D eigenvalue weighted by molar-refractivity contribution is 6.06. The standard InChI is InChI=1S/C13H10N2O2/c14-13(16)11-6-10(9-2-4-17-7-9)5-8-1-3-15-12(8)11/h1-7,15H,(H2,14,16). The Bertz CT molecular complexity index is 681. The predicted molar refractivity (Wildman–Crippen MR) is 64.5 cm³/mol. The average molecular weight is 226 g/mol. The zero-order valence-corrected chi connectivity index (χ0v) is 8.94. The van der Waals surface area contributed by atoms with Crippen molar-refractivity contribution in [3.63, 3.8) is 0 Å². The lowest BCUT2D eigenvalue weighted by atomic mass is 10.0. The molecule has 0 aliphatic heterocycles. The summed E-state index contributed by atoms with van der Waals surface area (Å²) in [5, 5.41) is 0.956. The van der Waals surface area contributed by atoms with Crippen LogP contribution >= 0.6 is 0 Å². The van der Waals surface area contributed by atoms with Crippen molar-refractivity contribution in [2.45, 2.75) is 0 Å². The molecule has 3 rings (SSSR count). The molecular weight excluding hydrogens is 216 g/mol. The fourth-order valence-electron chi connectivity index (χ4n) is 1.96. The Morgan fingerprint density at radius 2 is 2.12 bits per heavy atom. The van der Waals surface area contributed by atoms with E-state index in [4.69, 9.17) is 10.2 Å². The number of fused-ring (bicyclic) bond motifs is 1. The number of carbonyl (C=O) groups is 1. The third-order valence-electron chi connectivity index (χ3n) is 2.78. The van der Waals surface area contributed by atoms with Crippen LogP contribution in [-0.2, 0) is 0 Å². The molecule has 4 heteroatoms. The van der Waals surface area contributed by atoms with Crippen molar-refractivity contribution in [1.82, 2.24) is 4.98 Å². The molecule has 2 heterocycles. The Balaban J connectivity index is 2.31. The molecule has 2 aromatic heterocycles. The molecule has 3 aromatic rings. The Morgan fingerprint density at radius 1 is 1.24 bits per heavy atom. The fourth-order valence-corrected chi connectivity index (χ4v) is 1.96. The normalized spacial score (nSPS) is 10.8. The summed E-state index contributed by atoms with van der Waals surface area (Å²) in [6, 6.07) is 7.51. The minimum atomic E-state index is -0.442. The summed E-state index contributed by atoms with van der Waals surface area (Å²) in [6.45, 7) is 0. The van der Waals surface area contributed by atoms with Crippen LogP contribution in [0.3, 0.4) is 0 Å². The molecule has 0 saturated carbocycles. The lowest BCUT2D eigenvalue weighted by Gasteiger charge is -2.03. The molecule has 4 nitrogen and oxygen atoms in total. The van der Waals surface area contributed by atoms with Crippen LogP contribution in [0.1, 0.15) is 10.4 Å². The molecule has 0 aliphatic carbocycles. The van der Waals surface area contributed by atoms with Gasteiger partial charge < -0.3 is 15.1 Å². The highest BCUT2D eigenvalue weighted by Gasteiger charge is 2.11.